The molecule has 1 unspecified atom stereocenters. The van der Waals surface area contributed by atoms with Crippen molar-refractivity contribution >= 4 is 23.4 Å². The molecule has 0 aromatic carbocycles. The van der Waals surface area contributed by atoms with E-state index in [1.165, 1.54) is 12.2 Å². The molecule has 1 aliphatic rings. The van der Waals surface area contributed by atoms with Crippen molar-refractivity contribution in [3.63, 3.8) is 0 Å². The molecule has 1 aliphatic heterocycles. The zero-order valence-electron chi connectivity index (χ0n) is 11.2. The highest BCUT2D eigenvalue weighted by Gasteiger charge is 2.22. The van der Waals surface area contributed by atoms with Crippen LogP contribution in [0.2, 0.25) is 0 Å². The number of thioether (sulfide) groups is 1. The van der Waals surface area contributed by atoms with Gasteiger partial charge in [-0.1, -0.05) is 20.3 Å². The van der Waals surface area contributed by atoms with Crippen LogP contribution < -0.4 is 10.6 Å². The van der Waals surface area contributed by atoms with Gasteiger partial charge in [0.05, 0.1) is 0 Å². The van der Waals surface area contributed by atoms with E-state index in [1.54, 1.807) is 6.33 Å². The standard InChI is InChI=1S/C13H22N4S/c1-3-5-11-12(14)15-9-16-13(11)17-6-7-18-10(4-2)8-17/h9-10H,3-8H2,1-2H3,(H2,14,15,16). The largest absolute Gasteiger partial charge is 0.383 e. The maximum absolute atomic E-state index is 6.00. The molecule has 0 spiro atoms. The first-order valence-corrected chi connectivity index (χ1v) is 7.77. The Morgan fingerprint density at radius 2 is 2.28 bits per heavy atom. The summed E-state index contributed by atoms with van der Waals surface area (Å²) in [7, 11) is 0. The molecule has 2 rings (SSSR count). The maximum atomic E-state index is 6.00. The number of rotatable bonds is 4. The van der Waals surface area contributed by atoms with Gasteiger partial charge >= 0.3 is 0 Å². The molecule has 0 amide bonds. The normalized spacial score (nSPS) is 20.1. The van der Waals surface area contributed by atoms with Crippen LogP contribution in [0.1, 0.15) is 32.3 Å². The zero-order valence-corrected chi connectivity index (χ0v) is 12.0. The lowest BCUT2D eigenvalue weighted by Crippen LogP contribution is -2.38. The first-order valence-electron chi connectivity index (χ1n) is 6.72. The lowest BCUT2D eigenvalue weighted by atomic mass is 10.1. The van der Waals surface area contributed by atoms with E-state index in [4.69, 9.17) is 5.73 Å². The average molecular weight is 266 g/mol. The van der Waals surface area contributed by atoms with E-state index in [-0.39, 0.29) is 0 Å². The molecule has 1 atom stereocenters. The average Bonchev–Trinajstić information content (AvgIpc) is 2.41. The molecule has 2 heterocycles. The van der Waals surface area contributed by atoms with Crippen LogP contribution in [0.15, 0.2) is 6.33 Å². The highest BCUT2D eigenvalue weighted by atomic mass is 32.2. The number of nitrogens with two attached hydrogens (primary N) is 1. The minimum atomic E-state index is 0.646. The number of anilines is 2. The zero-order chi connectivity index (χ0) is 13.0. The van der Waals surface area contributed by atoms with Crippen LogP contribution in [0.5, 0.6) is 0 Å². The Morgan fingerprint density at radius 3 is 3.00 bits per heavy atom. The summed E-state index contributed by atoms with van der Waals surface area (Å²) >= 11 is 2.07. The number of nitrogen functional groups attached to an aromatic ring is 1. The molecular weight excluding hydrogens is 244 g/mol. The van der Waals surface area contributed by atoms with Crippen molar-refractivity contribution in [2.45, 2.75) is 38.4 Å². The molecule has 0 saturated carbocycles. The summed E-state index contributed by atoms with van der Waals surface area (Å²) in [4.78, 5) is 11.0. The smallest absolute Gasteiger partial charge is 0.137 e. The third-order valence-electron chi connectivity index (χ3n) is 3.35. The Kier molecular flexibility index (Phi) is 4.69. The number of hydrogen-bond donors (Lipinski definition) is 1. The number of hydrogen-bond acceptors (Lipinski definition) is 5. The summed E-state index contributed by atoms with van der Waals surface area (Å²) in [6, 6.07) is 0. The molecule has 100 valence electrons. The molecule has 5 heteroatoms. The van der Waals surface area contributed by atoms with Crippen molar-refractivity contribution in [3.05, 3.63) is 11.9 Å². The minimum Gasteiger partial charge on any atom is -0.383 e. The van der Waals surface area contributed by atoms with E-state index in [9.17, 15) is 0 Å². The van der Waals surface area contributed by atoms with Crippen LogP contribution in [0.4, 0.5) is 11.6 Å². The maximum Gasteiger partial charge on any atom is 0.137 e. The van der Waals surface area contributed by atoms with Gasteiger partial charge in [0.25, 0.3) is 0 Å². The van der Waals surface area contributed by atoms with E-state index in [2.05, 4.69) is 40.5 Å². The fourth-order valence-electron chi connectivity index (χ4n) is 2.34. The van der Waals surface area contributed by atoms with E-state index < -0.39 is 0 Å². The third kappa shape index (κ3) is 2.88. The fourth-order valence-corrected chi connectivity index (χ4v) is 3.52. The molecular formula is C13H22N4S. The van der Waals surface area contributed by atoms with Crippen molar-refractivity contribution in [2.24, 2.45) is 0 Å². The van der Waals surface area contributed by atoms with Gasteiger partial charge in [0.1, 0.15) is 18.0 Å². The molecule has 1 aromatic rings. The van der Waals surface area contributed by atoms with Crippen molar-refractivity contribution in [1.82, 2.24) is 9.97 Å². The van der Waals surface area contributed by atoms with Gasteiger partial charge in [-0.2, -0.15) is 11.8 Å². The second-order valence-electron chi connectivity index (χ2n) is 4.66. The molecule has 1 aromatic heterocycles. The first-order chi connectivity index (χ1) is 8.76. The van der Waals surface area contributed by atoms with Crippen LogP contribution in [-0.2, 0) is 6.42 Å². The lowest BCUT2D eigenvalue weighted by molar-refractivity contribution is 0.712. The summed E-state index contributed by atoms with van der Waals surface area (Å²) in [6.45, 7) is 6.56. The predicted molar refractivity (Wildman–Crippen MR) is 79.2 cm³/mol. The van der Waals surface area contributed by atoms with Crippen LogP contribution in [0.25, 0.3) is 0 Å². The molecule has 1 fully saturated rings. The Balaban J connectivity index is 2.23. The SMILES string of the molecule is CCCc1c(N)ncnc1N1CCSC(CC)C1. The molecule has 0 bridgehead atoms. The first kappa shape index (κ1) is 13.5. The van der Waals surface area contributed by atoms with E-state index in [1.807, 2.05) is 0 Å². The Bertz CT molecular complexity index is 397. The van der Waals surface area contributed by atoms with Crippen molar-refractivity contribution in [1.29, 1.82) is 0 Å². The minimum absolute atomic E-state index is 0.646. The van der Waals surface area contributed by atoms with Gasteiger partial charge in [0.15, 0.2) is 0 Å². The summed E-state index contributed by atoms with van der Waals surface area (Å²) in [5.74, 6) is 2.88. The van der Waals surface area contributed by atoms with Gasteiger partial charge in [-0.25, -0.2) is 9.97 Å². The number of aromatic nitrogens is 2. The van der Waals surface area contributed by atoms with Crippen molar-refractivity contribution < 1.29 is 0 Å². The molecule has 0 radical (unpaired) electrons. The highest BCUT2D eigenvalue weighted by Crippen LogP contribution is 2.28. The summed E-state index contributed by atoms with van der Waals surface area (Å²) < 4.78 is 0. The summed E-state index contributed by atoms with van der Waals surface area (Å²) in [5.41, 5.74) is 7.12. The predicted octanol–water partition coefficient (Wildman–Crippen LogP) is 2.34. The van der Waals surface area contributed by atoms with E-state index >= 15 is 0 Å². The Labute approximate surface area is 113 Å². The summed E-state index contributed by atoms with van der Waals surface area (Å²) in [6.07, 6.45) is 4.84. The second kappa shape index (κ2) is 6.27. The molecule has 0 aliphatic carbocycles. The Morgan fingerprint density at radius 1 is 1.44 bits per heavy atom. The van der Waals surface area contributed by atoms with Crippen LogP contribution in [0.3, 0.4) is 0 Å². The van der Waals surface area contributed by atoms with E-state index in [0.29, 0.717) is 11.1 Å². The molecule has 2 N–H and O–H groups in total. The van der Waals surface area contributed by atoms with E-state index in [0.717, 1.165) is 37.3 Å². The molecule has 18 heavy (non-hydrogen) atoms. The van der Waals surface area contributed by atoms with Crippen molar-refractivity contribution in [2.75, 3.05) is 29.5 Å². The van der Waals surface area contributed by atoms with Gasteiger partial charge in [0.2, 0.25) is 0 Å². The van der Waals surface area contributed by atoms with Gasteiger partial charge < -0.3 is 10.6 Å². The summed E-state index contributed by atoms with van der Waals surface area (Å²) in [5, 5.41) is 0.712. The second-order valence-corrected chi connectivity index (χ2v) is 6.07. The number of nitrogens with zero attached hydrogens (tertiary/aromatic N) is 3. The van der Waals surface area contributed by atoms with Gasteiger partial charge in [-0.15, -0.1) is 0 Å². The van der Waals surface area contributed by atoms with Crippen molar-refractivity contribution in [3.8, 4) is 0 Å². The molecule has 4 nitrogen and oxygen atoms in total. The monoisotopic (exact) mass is 266 g/mol. The topological polar surface area (TPSA) is 55.0 Å². The van der Waals surface area contributed by atoms with Crippen LogP contribution in [0, 0.1) is 0 Å². The fraction of sp³-hybridized carbons (Fsp3) is 0.692. The van der Waals surface area contributed by atoms with Gasteiger partial charge in [-0.3, -0.25) is 0 Å². The highest BCUT2D eigenvalue weighted by molar-refractivity contribution is 8.00. The third-order valence-corrected chi connectivity index (χ3v) is 4.72. The van der Waals surface area contributed by atoms with Gasteiger partial charge in [0, 0.05) is 29.7 Å². The molecule has 1 saturated heterocycles. The van der Waals surface area contributed by atoms with Crippen LogP contribution >= 0.6 is 11.8 Å². The quantitative estimate of drug-likeness (QED) is 0.906. The van der Waals surface area contributed by atoms with Crippen LogP contribution in [-0.4, -0.2) is 34.1 Å². The Hall–Kier alpha value is -0.970. The lowest BCUT2D eigenvalue weighted by Gasteiger charge is -2.34. The van der Waals surface area contributed by atoms with Gasteiger partial charge in [-0.05, 0) is 12.8 Å².